The Morgan fingerprint density at radius 1 is 0.900 bits per heavy atom. The van der Waals surface area contributed by atoms with E-state index >= 15 is 0 Å². The normalized spacial score (nSPS) is 11.7. The Morgan fingerprint density at radius 2 is 1.60 bits per heavy atom. The first-order valence-electron chi connectivity index (χ1n) is 9.14. The van der Waals surface area contributed by atoms with Gasteiger partial charge in [-0.25, -0.2) is 17.2 Å². The van der Waals surface area contributed by atoms with Crippen LogP contribution in [0.15, 0.2) is 87.5 Å². The summed E-state index contributed by atoms with van der Waals surface area (Å²) in [5.41, 5.74) is 1.02. The highest BCUT2D eigenvalue weighted by atomic mass is 32.2. The van der Waals surface area contributed by atoms with Gasteiger partial charge in [-0.1, -0.05) is 29.8 Å². The Morgan fingerprint density at radius 3 is 2.30 bits per heavy atom. The maximum absolute atomic E-state index is 13.9. The lowest BCUT2D eigenvalue weighted by molar-refractivity contribution is 0.593. The molecule has 0 aliphatic carbocycles. The molecule has 0 aliphatic rings. The molecule has 1 heterocycles. The number of rotatable bonds is 4. The summed E-state index contributed by atoms with van der Waals surface area (Å²) in [6, 6.07) is 15.6. The fourth-order valence-corrected chi connectivity index (χ4v) is 4.71. The Balaban J connectivity index is 1.97. The van der Waals surface area contributed by atoms with E-state index in [-0.39, 0.29) is 16.8 Å². The highest BCUT2D eigenvalue weighted by Gasteiger charge is 2.24. The zero-order valence-corrected chi connectivity index (χ0v) is 16.8. The Bertz CT molecular complexity index is 1430. The molecule has 152 valence electrons. The molecule has 0 spiro atoms. The second kappa shape index (κ2) is 7.50. The van der Waals surface area contributed by atoms with E-state index in [1.54, 1.807) is 24.3 Å². The summed E-state index contributed by atoms with van der Waals surface area (Å²) in [5.74, 6) is -1.09. The van der Waals surface area contributed by atoms with Crippen LogP contribution in [-0.2, 0) is 16.4 Å². The first-order valence-corrected chi connectivity index (χ1v) is 10.6. The molecule has 4 aromatic rings. The molecule has 0 amide bonds. The molecule has 30 heavy (non-hydrogen) atoms. The lowest BCUT2D eigenvalue weighted by Crippen LogP contribution is -2.20. The van der Waals surface area contributed by atoms with Crippen LogP contribution in [0.4, 0.5) is 8.78 Å². The van der Waals surface area contributed by atoms with Crippen LogP contribution in [-0.4, -0.2) is 13.0 Å². The average molecular weight is 425 g/mol. The minimum atomic E-state index is -4.14. The van der Waals surface area contributed by atoms with Crippen molar-refractivity contribution >= 4 is 20.7 Å². The number of nitrogens with zero attached hydrogens (tertiary/aromatic N) is 1. The molecule has 4 rings (SSSR count). The fraction of sp³-hybridized carbons (Fsp3) is 0.0870. The standard InChI is InChI=1S/C23H17F2NO3S/c1-15-5-8-19(9-6-15)30(28,29)22-14-26(13-16-3-2-4-17(24)11-16)21-10-7-18(25)12-20(21)23(22)27/h2-12,14H,13H2,1H3. The van der Waals surface area contributed by atoms with Gasteiger partial charge in [-0.2, -0.15) is 0 Å². The first-order chi connectivity index (χ1) is 14.3. The van der Waals surface area contributed by atoms with Gasteiger partial charge < -0.3 is 4.57 Å². The van der Waals surface area contributed by atoms with Crippen LogP contribution in [0.2, 0.25) is 0 Å². The molecule has 7 heteroatoms. The molecule has 0 saturated heterocycles. The second-order valence-electron chi connectivity index (χ2n) is 7.06. The first kappa shape index (κ1) is 20.0. The number of aromatic nitrogens is 1. The van der Waals surface area contributed by atoms with Gasteiger partial charge in [0.2, 0.25) is 15.3 Å². The van der Waals surface area contributed by atoms with Gasteiger partial charge in [-0.15, -0.1) is 0 Å². The molecule has 3 aromatic carbocycles. The van der Waals surface area contributed by atoms with E-state index in [9.17, 15) is 22.0 Å². The van der Waals surface area contributed by atoms with E-state index < -0.39 is 31.8 Å². The third-order valence-electron chi connectivity index (χ3n) is 4.87. The van der Waals surface area contributed by atoms with Crippen LogP contribution in [0, 0.1) is 18.6 Å². The van der Waals surface area contributed by atoms with Gasteiger partial charge in [-0.3, -0.25) is 4.79 Å². The molecule has 0 radical (unpaired) electrons. The van der Waals surface area contributed by atoms with Crippen molar-refractivity contribution in [3.63, 3.8) is 0 Å². The zero-order valence-electron chi connectivity index (χ0n) is 16.0. The summed E-state index contributed by atoms with van der Waals surface area (Å²) in [6.07, 6.45) is 1.24. The van der Waals surface area contributed by atoms with Crippen molar-refractivity contribution < 1.29 is 17.2 Å². The minimum absolute atomic E-state index is 0.0294. The molecular formula is C23H17F2NO3S. The van der Waals surface area contributed by atoms with Crippen LogP contribution >= 0.6 is 0 Å². The van der Waals surface area contributed by atoms with Crippen molar-refractivity contribution in [2.45, 2.75) is 23.3 Å². The molecule has 0 unspecified atom stereocenters. The largest absolute Gasteiger partial charge is 0.341 e. The van der Waals surface area contributed by atoms with Crippen LogP contribution in [0.1, 0.15) is 11.1 Å². The van der Waals surface area contributed by atoms with E-state index in [2.05, 4.69) is 0 Å². The number of aryl methyl sites for hydroxylation is 1. The van der Waals surface area contributed by atoms with Crippen LogP contribution in [0.5, 0.6) is 0 Å². The molecule has 4 nitrogen and oxygen atoms in total. The third kappa shape index (κ3) is 3.64. The van der Waals surface area contributed by atoms with Crippen molar-refractivity contribution in [2.24, 2.45) is 0 Å². The van der Waals surface area contributed by atoms with E-state index in [1.165, 1.54) is 47.2 Å². The molecular weight excluding hydrogens is 408 g/mol. The van der Waals surface area contributed by atoms with E-state index in [1.807, 2.05) is 6.92 Å². The summed E-state index contributed by atoms with van der Waals surface area (Å²) in [4.78, 5) is 12.5. The molecule has 0 atom stereocenters. The summed E-state index contributed by atoms with van der Waals surface area (Å²) in [5, 5.41) is -0.0559. The van der Waals surface area contributed by atoms with Gasteiger partial charge in [0.25, 0.3) is 0 Å². The molecule has 0 N–H and O–H groups in total. The number of sulfone groups is 1. The van der Waals surface area contributed by atoms with Crippen molar-refractivity contribution in [1.29, 1.82) is 0 Å². The summed E-state index contributed by atoms with van der Waals surface area (Å²) >= 11 is 0. The maximum Gasteiger partial charge on any atom is 0.211 e. The predicted molar refractivity (Wildman–Crippen MR) is 110 cm³/mol. The van der Waals surface area contributed by atoms with Crippen LogP contribution in [0.25, 0.3) is 10.9 Å². The number of pyridine rings is 1. The Hall–Kier alpha value is -3.32. The molecule has 0 aliphatic heterocycles. The van der Waals surface area contributed by atoms with Gasteiger partial charge in [0.1, 0.15) is 16.5 Å². The third-order valence-corrected chi connectivity index (χ3v) is 6.63. The zero-order chi connectivity index (χ0) is 21.5. The molecule has 1 aromatic heterocycles. The molecule has 0 saturated carbocycles. The average Bonchev–Trinajstić information content (AvgIpc) is 2.70. The van der Waals surface area contributed by atoms with Gasteiger partial charge >= 0.3 is 0 Å². The van der Waals surface area contributed by atoms with Gasteiger partial charge in [0, 0.05) is 18.1 Å². The maximum atomic E-state index is 13.9. The topological polar surface area (TPSA) is 56.1 Å². The highest BCUT2D eigenvalue weighted by Crippen LogP contribution is 2.23. The number of hydrogen-bond donors (Lipinski definition) is 0. The number of halogens is 2. The number of fused-ring (bicyclic) bond motifs is 1. The quantitative estimate of drug-likeness (QED) is 0.485. The van der Waals surface area contributed by atoms with Crippen molar-refractivity contribution in [3.8, 4) is 0 Å². The number of benzene rings is 3. The lowest BCUT2D eigenvalue weighted by atomic mass is 10.1. The van der Waals surface area contributed by atoms with E-state index in [0.717, 1.165) is 11.6 Å². The SMILES string of the molecule is Cc1ccc(S(=O)(=O)c2cn(Cc3cccc(F)c3)c3ccc(F)cc3c2=O)cc1. The fourth-order valence-electron chi connectivity index (χ4n) is 3.34. The monoisotopic (exact) mass is 425 g/mol. The van der Waals surface area contributed by atoms with E-state index in [4.69, 9.17) is 0 Å². The molecule has 0 bridgehead atoms. The predicted octanol–water partition coefficient (Wildman–Crippen LogP) is 4.47. The highest BCUT2D eigenvalue weighted by molar-refractivity contribution is 7.91. The van der Waals surface area contributed by atoms with Crippen molar-refractivity contribution in [3.05, 3.63) is 106 Å². The van der Waals surface area contributed by atoms with Gasteiger partial charge in [0.15, 0.2) is 0 Å². The lowest BCUT2D eigenvalue weighted by Gasteiger charge is -2.14. The van der Waals surface area contributed by atoms with Gasteiger partial charge in [0.05, 0.1) is 10.4 Å². The summed E-state index contributed by atoms with van der Waals surface area (Å²) in [6.45, 7) is 1.93. The van der Waals surface area contributed by atoms with E-state index in [0.29, 0.717) is 11.1 Å². The van der Waals surface area contributed by atoms with Crippen molar-refractivity contribution in [2.75, 3.05) is 0 Å². The second-order valence-corrected chi connectivity index (χ2v) is 8.98. The number of hydrogen-bond acceptors (Lipinski definition) is 3. The summed E-state index contributed by atoms with van der Waals surface area (Å²) in [7, 11) is -4.14. The minimum Gasteiger partial charge on any atom is -0.341 e. The Labute approximate surface area is 172 Å². The van der Waals surface area contributed by atoms with Crippen LogP contribution < -0.4 is 5.43 Å². The summed E-state index contributed by atoms with van der Waals surface area (Å²) < 4.78 is 55.4. The van der Waals surface area contributed by atoms with Crippen LogP contribution in [0.3, 0.4) is 0 Å². The molecule has 0 fully saturated rings. The Kier molecular flexibility index (Phi) is 4.99. The van der Waals surface area contributed by atoms with Gasteiger partial charge in [-0.05, 0) is 55.0 Å². The van der Waals surface area contributed by atoms with Crippen molar-refractivity contribution in [1.82, 2.24) is 4.57 Å². The smallest absolute Gasteiger partial charge is 0.211 e.